The molecule has 3 aromatic carbocycles. The van der Waals surface area contributed by atoms with Crippen LogP contribution in [0.3, 0.4) is 0 Å². The summed E-state index contributed by atoms with van der Waals surface area (Å²) >= 11 is 7.57. The molecule has 0 saturated carbocycles. The maximum absolute atomic E-state index is 12.6. The first-order valence-corrected chi connectivity index (χ1v) is 11.9. The van der Waals surface area contributed by atoms with Crippen LogP contribution in [0.25, 0.3) is 0 Å². The highest BCUT2D eigenvalue weighted by atomic mass is 35.5. The van der Waals surface area contributed by atoms with Gasteiger partial charge in [-0.1, -0.05) is 35.9 Å². The molecule has 168 valence electrons. The van der Waals surface area contributed by atoms with E-state index in [0.29, 0.717) is 17.1 Å². The van der Waals surface area contributed by atoms with Crippen molar-refractivity contribution < 1.29 is 9.53 Å². The number of hydrogen-bond acceptors (Lipinski definition) is 5. The number of fused-ring (bicyclic) bond motifs is 1. The molecule has 0 spiro atoms. The highest BCUT2D eigenvalue weighted by Gasteiger charge is 2.18. The lowest BCUT2D eigenvalue weighted by Gasteiger charge is -2.10. The minimum Gasteiger partial charge on any atom is -0.497 e. The molecule has 0 aliphatic carbocycles. The van der Waals surface area contributed by atoms with E-state index in [9.17, 15) is 4.79 Å². The molecule has 1 N–H and O–H groups in total. The fraction of sp³-hybridized carbons (Fsp3) is 0.192. The van der Waals surface area contributed by atoms with Gasteiger partial charge in [-0.05, 0) is 61.4 Å². The number of benzene rings is 3. The molecule has 3 aromatic rings. The summed E-state index contributed by atoms with van der Waals surface area (Å²) in [4.78, 5) is 22.4. The summed E-state index contributed by atoms with van der Waals surface area (Å²) in [7, 11) is 1.65. The van der Waals surface area contributed by atoms with E-state index < -0.39 is 0 Å². The number of anilines is 1. The normalized spacial score (nSPS) is 12.8. The fourth-order valence-electron chi connectivity index (χ4n) is 3.42. The zero-order chi connectivity index (χ0) is 23.4. The topological polar surface area (TPSA) is 63.1 Å². The Morgan fingerprint density at radius 1 is 1.03 bits per heavy atom. The van der Waals surface area contributed by atoms with E-state index in [2.05, 4.69) is 25.2 Å². The second-order valence-corrected chi connectivity index (χ2v) is 9.17. The van der Waals surface area contributed by atoms with Gasteiger partial charge in [0.1, 0.15) is 5.75 Å². The number of halogens is 1. The zero-order valence-electron chi connectivity index (χ0n) is 18.7. The number of methoxy groups -OCH3 is 1. The number of nitrogens with zero attached hydrogens (tertiary/aromatic N) is 2. The zero-order valence-corrected chi connectivity index (χ0v) is 20.3. The molecule has 0 fully saturated rings. The Kier molecular flexibility index (Phi) is 7.16. The van der Waals surface area contributed by atoms with Gasteiger partial charge in [0.2, 0.25) is 5.91 Å². The second-order valence-electron chi connectivity index (χ2n) is 7.71. The predicted octanol–water partition coefficient (Wildman–Crippen LogP) is 6.89. The number of ether oxygens (including phenoxy) is 1. The van der Waals surface area contributed by atoms with Crippen LogP contribution in [-0.4, -0.2) is 29.5 Å². The third-order valence-corrected chi connectivity index (χ3v) is 6.64. The van der Waals surface area contributed by atoms with E-state index in [1.807, 2.05) is 42.5 Å². The third kappa shape index (κ3) is 5.64. The molecule has 0 aromatic heterocycles. The average Bonchev–Trinajstić information content (AvgIpc) is 2.98. The number of nitrogens with one attached hydrogen (secondary N) is 1. The van der Waals surface area contributed by atoms with Crippen molar-refractivity contribution in [2.45, 2.75) is 20.3 Å². The first kappa shape index (κ1) is 23.1. The van der Waals surface area contributed by atoms with Crippen molar-refractivity contribution in [2.75, 3.05) is 18.2 Å². The van der Waals surface area contributed by atoms with E-state index in [1.54, 1.807) is 19.2 Å². The lowest BCUT2D eigenvalue weighted by molar-refractivity contribution is -0.113. The highest BCUT2D eigenvalue weighted by molar-refractivity contribution is 8.14. The molecular weight excluding hydrogens is 454 g/mol. The maximum Gasteiger partial charge on any atom is 0.234 e. The number of amides is 1. The molecule has 7 heteroatoms. The van der Waals surface area contributed by atoms with Crippen molar-refractivity contribution in [2.24, 2.45) is 9.98 Å². The van der Waals surface area contributed by atoms with E-state index >= 15 is 0 Å². The molecule has 1 heterocycles. The van der Waals surface area contributed by atoms with Crippen molar-refractivity contribution in [3.63, 3.8) is 0 Å². The van der Waals surface area contributed by atoms with Gasteiger partial charge in [-0.2, -0.15) is 0 Å². The van der Waals surface area contributed by atoms with Gasteiger partial charge < -0.3 is 10.1 Å². The number of rotatable bonds is 5. The summed E-state index contributed by atoms with van der Waals surface area (Å²) in [5.74, 6) is 0.848. The van der Waals surface area contributed by atoms with Crippen LogP contribution in [-0.2, 0) is 4.79 Å². The van der Waals surface area contributed by atoms with Gasteiger partial charge in [0.25, 0.3) is 0 Å². The second kappa shape index (κ2) is 10.2. The predicted molar refractivity (Wildman–Crippen MR) is 139 cm³/mol. The van der Waals surface area contributed by atoms with Crippen molar-refractivity contribution in [3.8, 4) is 5.75 Å². The molecule has 1 amide bonds. The van der Waals surface area contributed by atoms with Crippen LogP contribution in [0.15, 0.2) is 70.6 Å². The summed E-state index contributed by atoms with van der Waals surface area (Å²) in [6, 6.07) is 19.1. The number of carbonyl (C=O) groups excluding carboxylic acids is 1. The number of para-hydroxylation sites is 1. The Morgan fingerprint density at radius 3 is 2.48 bits per heavy atom. The Morgan fingerprint density at radius 2 is 1.76 bits per heavy atom. The SMILES string of the molecule is COc1cccc(C2=Nc3cc(C)c(C)cc3N=C(SCC(=O)Nc3ccccc3Cl)C2)c1. The summed E-state index contributed by atoms with van der Waals surface area (Å²) in [5.41, 5.74) is 6.40. The van der Waals surface area contributed by atoms with Crippen molar-refractivity contribution in [1.29, 1.82) is 0 Å². The smallest absolute Gasteiger partial charge is 0.234 e. The lowest BCUT2D eigenvalue weighted by Crippen LogP contribution is -2.16. The Bertz CT molecular complexity index is 1270. The Labute approximate surface area is 203 Å². The van der Waals surface area contributed by atoms with Crippen LogP contribution in [0.4, 0.5) is 17.1 Å². The van der Waals surface area contributed by atoms with Crippen molar-refractivity contribution >= 4 is 57.1 Å². The van der Waals surface area contributed by atoms with Gasteiger partial charge in [0, 0.05) is 12.0 Å². The van der Waals surface area contributed by atoms with E-state index in [-0.39, 0.29) is 11.7 Å². The molecule has 0 saturated heterocycles. The summed E-state index contributed by atoms with van der Waals surface area (Å²) in [5, 5.41) is 4.20. The number of aliphatic imine (C=N–C) groups is 2. The molecular formula is C26H24ClN3O2S. The monoisotopic (exact) mass is 477 g/mol. The van der Waals surface area contributed by atoms with Gasteiger partial charge in [-0.3, -0.25) is 9.79 Å². The molecule has 5 nitrogen and oxygen atoms in total. The van der Waals surface area contributed by atoms with Crippen LogP contribution in [0.2, 0.25) is 5.02 Å². The first-order valence-electron chi connectivity index (χ1n) is 10.5. The molecule has 4 rings (SSSR count). The average molecular weight is 478 g/mol. The van der Waals surface area contributed by atoms with Crippen LogP contribution in [0.1, 0.15) is 23.1 Å². The minimum absolute atomic E-state index is 0.139. The Hall–Kier alpha value is -3.09. The molecule has 0 atom stereocenters. The van der Waals surface area contributed by atoms with Gasteiger partial charge in [-0.15, -0.1) is 11.8 Å². The Balaban J connectivity index is 1.61. The first-order chi connectivity index (χ1) is 15.9. The van der Waals surface area contributed by atoms with E-state index in [4.69, 9.17) is 26.3 Å². The molecule has 33 heavy (non-hydrogen) atoms. The molecule has 0 unspecified atom stereocenters. The number of aryl methyl sites for hydroxylation is 2. The van der Waals surface area contributed by atoms with Crippen LogP contribution < -0.4 is 10.1 Å². The molecule has 0 radical (unpaired) electrons. The molecule has 1 aliphatic heterocycles. The van der Waals surface area contributed by atoms with E-state index in [1.165, 1.54) is 11.8 Å². The number of carbonyl (C=O) groups is 1. The number of thioether (sulfide) groups is 1. The maximum atomic E-state index is 12.6. The van der Waals surface area contributed by atoms with Crippen LogP contribution in [0, 0.1) is 13.8 Å². The summed E-state index contributed by atoms with van der Waals surface area (Å²) in [6.07, 6.45) is 0.518. The van der Waals surface area contributed by atoms with Gasteiger partial charge in [0.15, 0.2) is 0 Å². The molecule has 1 aliphatic rings. The highest BCUT2D eigenvalue weighted by Crippen LogP contribution is 2.36. The largest absolute Gasteiger partial charge is 0.497 e. The van der Waals surface area contributed by atoms with Gasteiger partial charge in [-0.25, -0.2) is 4.99 Å². The molecule has 0 bridgehead atoms. The fourth-order valence-corrected chi connectivity index (χ4v) is 4.37. The summed E-state index contributed by atoms with van der Waals surface area (Å²) in [6.45, 7) is 4.13. The van der Waals surface area contributed by atoms with Gasteiger partial charge in [0.05, 0.1) is 45.7 Å². The summed E-state index contributed by atoms with van der Waals surface area (Å²) < 4.78 is 5.40. The third-order valence-electron chi connectivity index (χ3n) is 5.33. The quantitative estimate of drug-likeness (QED) is 0.435. The van der Waals surface area contributed by atoms with Crippen molar-refractivity contribution in [1.82, 2.24) is 0 Å². The number of hydrogen-bond donors (Lipinski definition) is 1. The van der Waals surface area contributed by atoms with E-state index in [0.717, 1.165) is 44.6 Å². The van der Waals surface area contributed by atoms with Crippen LogP contribution >= 0.6 is 23.4 Å². The van der Waals surface area contributed by atoms with Crippen molar-refractivity contribution in [3.05, 3.63) is 82.4 Å². The lowest BCUT2D eigenvalue weighted by atomic mass is 10.1. The minimum atomic E-state index is -0.139. The standard InChI is InChI=1S/C26H24ClN3O2S/c1-16-11-23-24(12-17(16)2)30-26(14-22(28-23)18-7-6-8-19(13-18)32-3)33-15-25(31)29-21-10-5-4-9-20(21)27/h4-13H,14-15H2,1-3H3,(H,29,31). The van der Waals surface area contributed by atoms with Crippen LogP contribution in [0.5, 0.6) is 5.75 Å². The van der Waals surface area contributed by atoms with Gasteiger partial charge >= 0.3 is 0 Å².